The number of fused-ring (bicyclic) bond motifs is 5. The van der Waals surface area contributed by atoms with Crippen molar-refractivity contribution in [3.05, 3.63) is 35.9 Å². The van der Waals surface area contributed by atoms with E-state index in [0.717, 1.165) is 38.5 Å². The van der Waals surface area contributed by atoms with E-state index in [9.17, 15) is 10.2 Å². The van der Waals surface area contributed by atoms with Crippen LogP contribution in [0.15, 0.2) is 24.8 Å². The Morgan fingerprint density at radius 3 is 2.80 bits per heavy atom. The summed E-state index contributed by atoms with van der Waals surface area (Å²) in [5, 5.41) is 21.4. The lowest BCUT2D eigenvalue weighted by atomic mass is 9.53. The second-order valence-electron chi connectivity index (χ2n) is 8.66. The highest BCUT2D eigenvalue weighted by molar-refractivity contribution is 5.49. The molecule has 0 amide bonds. The molecule has 1 aromatic carbocycles. The summed E-state index contributed by atoms with van der Waals surface area (Å²) in [6, 6.07) is 3.97. The van der Waals surface area contributed by atoms with Crippen LogP contribution in [-0.2, 0) is 6.42 Å². The Hall–Kier alpha value is -1.48. The summed E-state index contributed by atoms with van der Waals surface area (Å²) in [5.41, 5.74) is 2.06. The molecule has 3 aliphatic rings. The van der Waals surface area contributed by atoms with Crippen LogP contribution in [0.3, 0.4) is 0 Å². The van der Waals surface area contributed by atoms with Crippen molar-refractivity contribution in [1.82, 2.24) is 0 Å². The minimum atomic E-state index is -0.586. The quantitative estimate of drug-likeness (QED) is 0.792. The van der Waals surface area contributed by atoms with E-state index in [-0.39, 0.29) is 11.2 Å². The first-order valence-corrected chi connectivity index (χ1v) is 9.66. The highest BCUT2D eigenvalue weighted by atomic mass is 16.5. The highest BCUT2D eigenvalue weighted by Gasteiger charge is 2.60. The number of aryl methyl sites for hydroxylation is 1. The Kier molecular flexibility index (Phi) is 3.91. The predicted molar refractivity (Wildman–Crippen MR) is 99.0 cm³/mol. The summed E-state index contributed by atoms with van der Waals surface area (Å²) < 4.78 is 5.36. The standard InChI is InChI=1S/C22H30O3/c1-4-9-22(24)11-8-18-16-6-5-14-12-19(23)20(25-3)13-17(14)15(16)7-10-21(18,22)2/h4,12-13,15-16,18,23-24H,1,5-11H2,2-3H3/t15-,16+,18-,21-,22+/m0/s1. The molecule has 0 spiro atoms. The normalized spacial score (nSPS) is 39.2. The molecule has 0 radical (unpaired) electrons. The minimum Gasteiger partial charge on any atom is -0.504 e. The van der Waals surface area contributed by atoms with E-state index in [1.165, 1.54) is 11.1 Å². The van der Waals surface area contributed by atoms with Gasteiger partial charge in [-0.1, -0.05) is 13.0 Å². The number of aliphatic hydroxyl groups is 1. The molecule has 5 atom stereocenters. The summed E-state index contributed by atoms with van der Waals surface area (Å²) in [6.45, 7) is 6.20. The first-order chi connectivity index (χ1) is 11.9. The van der Waals surface area contributed by atoms with Crippen molar-refractivity contribution < 1.29 is 14.9 Å². The second-order valence-corrected chi connectivity index (χ2v) is 8.66. The van der Waals surface area contributed by atoms with E-state index in [4.69, 9.17) is 4.74 Å². The van der Waals surface area contributed by atoms with E-state index in [2.05, 4.69) is 19.6 Å². The lowest BCUT2D eigenvalue weighted by Crippen LogP contribution is -2.50. The number of hydrogen-bond donors (Lipinski definition) is 2. The average molecular weight is 342 g/mol. The van der Waals surface area contributed by atoms with Crippen molar-refractivity contribution in [1.29, 1.82) is 0 Å². The average Bonchev–Trinajstić information content (AvgIpc) is 2.86. The van der Waals surface area contributed by atoms with Gasteiger partial charge in [0.2, 0.25) is 0 Å². The van der Waals surface area contributed by atoms with Crippen LogP contribution >= 0.6 is 0 Å². The molecule has 2 fully saturated rings. The number of ether oxygens (including phenoxy) is 1. The largest absolute Gasteiger partial charge is 0.504 e. The molecular weight excluding hydrogens is 312 g/mol. The molecule has 3 heteroatoms. The molecule has 2 saturated carbocycles. The van der Waals surface area contributed by atoms with E-state index in [0.29, 0.717) is 29.9 Å². The third-order valence-corrected chi connectivity index (χ3v) is 7.83. The molecule has 136 valence electrons. The number of rotatable bonds is 3. The molecule has 3 nitrogen and oxygen atoms in total. The maximum atomic E-state index is 11.3. The Balaban J connectivity index is 1.70. The Bertz CT molecular complexity index is 697. The first kappa shape index (κ1) is 17.0. The molecule has 4 rings (SSSR count). The molecule has 2 N–H and O–H groups in total. The fraction of sp³-hybridized carbons (Fsp3) is 0.636. The molecule has 0 unspecified atom stereocenters. The third kappa shape index (κ3) is 2.28. The molecule has 0 heterocycles. The fourth-order valence-electron chi connectivity index (χ4n) is 6.44. The summed E-state index contributed by atoms with van der Waals surface area (Å²) in [6.07, 6.45) is 8.96. The van der Waals surface area contributed by atoms with Crippen molar-refractivity contribution in [2.45, 2.75) is 63.4 Å². The SMILES string of the molecule is C=CC[C@@]1(O)CC[C@H]2[C@@H]3CCc4cc(O)c(OC)cc4[C@H]3CC[C@@]21C. The van der Waals surface area contributed by atoms with Crippen molar-refractivity contribution in [2.75, 3.05) is 7.11 Å². The second kappa shape index (κ2) is 5.77. The number of hydrogen-bond acceptors (Lipinski definition) is 3. The maximum absolute atomic E-state index is 11.3. The number of methoxy groups -OCH3 is 1. The first-order valence-electron chi connectivity index (χ1n) is 9.66. The van der Waals surface area contributed by atoms with Crippen LogP contribution in [0.1, 0.15) is 62.5 Å². The van der Waals surface area contributed by atoms with Crippen LogP contribution in [0, 0.1) is 17.3 Å². The summed E-state index contributed by atoms with van der Waals surface area (Å²) in [5.74, 6) is 2.56. The van der Waals surface area contributed by atoms with Gasteiger partial charge in [0.05, 0.1) is 12.7 Å². The van der Waals surface area contributed by atoms with Gasteiger partial charge in [-0.2, -0.15) is 0 Å². The van der Waals surface area contributed by atoms with Crippen LogP contribution in [0.5, 0.6) is 11.5 Å². The molecule has 1 aromatic rings. The lowest BCUT2D eigenvalue weighted by molar-refractivity contribution is -0.100. The minimum absolute atomic E-state index is 0.000859. The van der Waals surface area contributed by atoms with Gasteiger partial charge in [0.25, 0.3) is 0 Å². The third-order valence-electron chi connectivity index (χ3n) is 7.83. The van der Waals surface area contributed by atoms with Crippen molar-refractivity contribution >= 4 is 0 Å². The van der Waals surface area contributed by atoms with Crippen LogP contribution in [0.2, 0.25) is 0 Å². The van der Waals surface area contributed by atoms with Crippen LogP contribution in [0.4, 0.5) is 0 Å². The zero-order valence-electron chi connectivity index (χ0n) is 15.4. The molecule has 0 saturated heterocycles. The topological polar surface area (TPSA) is 49.7 Å². The van der Waals surface area contributed by atoms with E-state index in [1.807, 2.05) is 12.1 Å². The maximum Gasteiger partial charge on any atom is 0.160 e. The molecule has 3 aliphatic carbocycles. The van der Waals surface area contributed by atoms with E-state index >= 15 is 0 Å². The highest BCUT2D eigenvalue weighted by Crippen LogP contribution is 2.65. The smallest absolute Gasteiger partial charge is 0.160 e. The van der Waals surface area contributed by atoms with E-state index < -0.39 is 5.60 Å². The Labute approximate surface area is 150 Å². The van der Waals surface area contributed by atoms with Gasteiger partial charge in [-0.05, 0) is 91.4 Å². The monoisotopic (exact) mass is 342 g/mol. The number of phenols is 1. The van der Waals surface area contributed by atoms with Gasteiger partial charge in [0, 0.05) is 0 Å². The molecule has 25 heavy (non-hydrogen) atoms. The number of phenolic OH excluding ortho intramolecular Hbond substituents is 1. The predicted octanol–water partition coefficient (Wildman–Crippen LogP) is 4.56. The van der Waals surface area contributed by atoms with Gasteiger partial charge in [0.1, 0.15) is 0 Å². The van der Waals surface area contributed by atoms with Gasteiger partial charge in [0.15, 0.2) is 11.5 Å². The van der Waals surface area contributed by atoms with Gasteiger partial charge in [-0.15, -0.1) is 6.58 Å². The summed E-state index contributed by atoms with van der Waals surface area (Å²) >= 11 is 0. The van der Waals surface area contributed by atoms with E-state index in [1.54, 1.807) is 7.11 Å². The summed E-state index contributed by atoms with van der Waals surface area (Å²) in [7, 11) is 1.62. The lowest BCUT2D eigenvalue weighted by Gasteiger charge is -2.53. The zero-order chi connectivity index (χ0) is 17.8. The van der Waals surface area contributed by atoms with Crippen molar-refractivity contribution in [3.63, 3.8) is 0 Å². The summed E-state index contributed by atoms with van der Waals surface area (Å²) in [4.78, 5) is 0. The molecule has 0 aromatic heterocycles. The van der Waals surface area contributed by atoms with Crippen molar-refractivity contribution in [3.8, 4) is 11.5 Å². The van der Waals surface area contributed by atoms with Crippen molar-refractivity contribution in [2.24, 2.45) is 17.3 Å². The zero-order valence-corrected chi connectivity index (χ0v) is 15.4. The number of benzene rings is 1. The molecule has 0 aliphatic heterocycles. The Morgan fingerprint density at radius 2 is 2.08 bits per heavy atom. The van der Waals surface area contributed by atoms with Crippen LogP contribution in [0.25, 0.3) is 0 Å². The van der Waals surface area contributed by atoms with Crippen LogP contribution in [-0.4, -0.2) is 22.9 Å². The van der Waals surface area contributed by atoms with Gasteiger partial charge in [-0.25, -0.2) is 0 Å². The molecule has 0 bridgehead atoms. The fourth-order valence-corrected chi connectivity index (χ4v) is 6.44. The Morgan fingerprint density at radius 1 is 1.28 bits per heavy atom. The van der Waals surface area contributed by atoms with Gasteiger partial charge < -0.3 is 14.9 Å². The molecular formula is C22H30O3. The van der Waals surface area contributed by atoms with Gasteiger partial charge >= 0.3 is 0 Å². The number of aromatic hydroxyl groups is 1. The van der Waals surface area contributed by atoms with Gasteiger partial charge in [-0.3, -0.25) is 0 Å². The van der Waals surface area contributed by atoms with Crippen LogP contribution < -0.4 is 4.74 Å².